The molecule has 2 rings (SSSR count). The van der Waals surface area contributed by atoms with Gasteiger partial charge in [0.1, 0.15) is 0 Å². The zero-order valence-electron chi connectivity index (χ0n) is 10.0. The average Bonchev–Trinajstić information content (AvgIpc) is 2.70. The van der Waals surface area contributed by atoms with Crippen LogP contribution in [0.1, 0.15) is 18.4 Å². The Morgan fingerprint density at radius 2 is 2.38 bits per heavy atom. The lowest BCUT2D eigenvalue weighted by atomic mass is 10.2. The first kappa shape index (κ1) is 11.6. The molecule has 90 valence electrons. The first-order chi connectivity index (χ1) is 7.69. The normalized spacial score (nSPS) is 23.8. The summed E-state index contributed by atoms with van der Waals surface area (Å²) in [6, 6.07) is 2.51. The molecule has 1 aromatic heterocycles. The van der Waals surface area contributed by atoms with Crippen molar-refractivity contribution in [3.8, 4) is 0 Å². The van der Waals surface area contributed by atoms with Gasteiger partial charge in [-0.25, -0.2) is 0 Å². The number of piperazine rings is 1. The Bertz CT molecular complexity index is 338. The smallest absolute Gasteiger partial charge is 0.151 e. The summed E-state index contributed by atoms with van der Waals surface area (Å²) in [6.45, 7) is 6.83. The third-order valence-corrected chi connectivity index (χ3v) is 3.14. The van der Waals surface area contributed by atoms with Gasteiger partial charge in [-0.15, -0.1) is 0 Å². The third kappa shape index (κ3) is 2.61. The van der Waals surface area contributed by atoms with Crippen molar-refractivity contribution in [1.82, 2.24) is 15.0 Å². The van der Waals surface area contributed by atoms with Gasteiger partial charge in [-0.3, -0.25) is 4.90 Å². The third-order valence-electron chi connectivity index (χ3n) is 3.14. The lowest BCUT2D eigenvalue weighted by Crippen LogP contribution is -2.49. The first-order valence-corrected chi connectivity index (χ1v) is 5.76. The van der Waals surface area contributed by atoms with Gasteiger partial charge in [0, 0.05) is 38.3 Å². The van der Waals surface area contributed by atoms with E-state index in [-0.39, 0.29) is 0 Å². The Labute approximate surface area is 96.2 Å². The highest BCUT2D eigenvalue weighted by atomic mass is 16.5. The Balaban J connectivity index is 1.93. The van der Waals surface area contributed by atoms with Crippen molar-refractivity contribution < 1.29 is 4.52 Å². The topological polar surface area (TPSA) is 58.5 Å². The van der Waals surface area contributed by atoms with Crippen LogP contribution in [0.25, 0.3) is 0 Å². The number of hydrogen-bond acceptors (Lipinski definition) is 5. The molecule has 0 aliphatic carbocycles. The average molecular weight is 224 g/mol. The lowest BCUT2D eigenvalue weighted by Gasteiger charge is -2.37. The zero-order chi connectivity index (χ0) is 11.5. The van der Waals surface area contributed by atoms with Crippen molar-refractivity contribution in [2.45, 2.75) is 26.1 Å². The molecule has 2 N–H and O–H groups in total. The van der Waals surface area contributed by atoms with Gasteiger partial charge in [0.05, 0.1) is 12.2 Å². The molecule has 0 saturated carbocycles. The van der Waals surface area contributed by atoms with E-state index in [1.807, 2.05) is 6.07 Å². The number of rotatable bonds is 3. The second kappa shape index (κ2) is 4.95. The van der Waals surface area contributed by atoms with Crippen molar-refractivity contribution >= 4 is 0 Å². The van der Waals surface area contributed by atoms with E-state index in [0.717, 1.165) is 37.6 Å². The van der Waals surface area contributed by atoms with Gasteiger partial charge in [-0.05, 0) is 14.0 Å². The summed E-state index contributed by atoms with van der Waals surface area (Å²) >= 11 is 0. The summed E-state index contributed by atoms with van der Waals surface area (Å²) in [4.78, 5) is 4.77. The molecular weight excluding hydrogens is 204 g/mol. The number of nitrogens with zero attached hydrogens (tertiary/aromatic N) is 3. The number of nitrogens with two attached hydrogens (primary N) is 1. The zero-order valence-corrected chi connectivity index (χ0v) is 10.0. The van der Waals surface area contributed by atoms with Crippen LogP contribution in [0.5, 0.6) is 0 Å². The monoisotopic (exact) mass is 224 g/mol. The fraction of sp³-hybridized carbons (Fsp3) is 0.727. The van der Waals surface area contributed by atoms with Gasteiger partial charge in [0.25, 0.3) is 0 Å². The summed E-state index contributed by atoms with van der Waals surface area (Å²) < 4.78 is 5.25. The van der Waals surface area contributed by atoms with E-state index >= 15 is 0 Å². The molecule has 0 radical (unpaired) electrons. The molecule has 5 nitrogen and oxygen atoms in total. The molecular formula is C11H20N4O. The highest BCUT2D eigenvalue weighted by Gasteiger charge is 2.22. The molecule has 0 spiro atoms. The van der Waals surface area contributed by atoms with E-state index in [9.17, 15) is 0 Å². The molecule has 0 bridgehead atoms. The Kier molecular flexibility index (Phi) is 3.58. The second-order valence-corrected chi connectivity index (χ2v) is 4.57. The SMILES string of the molecule is CC1CN(C)CCN1Cc1cc(CN)no1. The van der Waals surface area contributed by atoms with E-state index in [1.165, 1.54) is 0 Å². The molecule has 1 unspecified atom stereocenters. The highest BCUT2D eigenvalue weighted by molar-refractivity contribution is 5.05. The van der Waals surface area contributed by atoms with Gasteiger partial charge >= 0.3 is 0 Å². The van der Waals surface area contributed by atoms with Crippen LogP contribution in [0, 0.1) is 0 Å². The van der Waals surface area contributed by atoms with Gasteiger partial charge in [0.2, 0.25) is 0 Å². The van der Waals surface area contributed by atoms with E-state index in [1.54, 1.807) is 0 Å². The Hall–Kier alpha value is -0.910. The maximum absolute atomic E-state index is 5.50. The minimum Gasteiger partial charge on any atom is -0.360 e. The maximum atomic E-state index is 5.50. The molecule has 1 atom stereocenters. The number of hydrogen-bond donors (Lipinski definition) is 1. The minimum atomic E-state index is 0.446. The predicted molar refractivity (Wildman–Crippen MR) is 61.8 cm³/mol. The van der Waals surface area contributed by atoms with Crippen LogP contribution < -0.4 is 5.73 Å². The number of aromatic nitrogens is 1. The molecule has 1 aliphatic rings. The Morgan fingerprint density at radius 3 is 3.00 bits per heavy atom. The first-order valence-electron chi connectivity index (χ1n) is 5.76. The molecule has 0 aromatic carbocycles. The van der Waals surface area contributed by atoms with Crippen LogP contribution in [-0.4, -0.2) is 47.7 Å². The standard InChI is InChI=1S/C11H20N4O/c1-9-7-14(2)3-4-15(9)8-11-5-10(6-12)13-16-11/h5,9H,3-4,6-8,12H2,1-2H3. The fourth-order valence-corrected chi connectivity index (χ4v) is 2.14. The summed E-state index contributed by atoms with van der Waals surface area (Å²) in [6.07, 6.45) is 0. The van der Waals surface area contributed by atoms with Crippen LogP contribution in [0.2, 0.25) is 0 Å². The minimum absolute atomic E-state index is 0.446. The second-order valence-electron chi connectivity index (χ2n) is 4.57. The number of likely N-dealkylation sites (N-methyl/N-ethyl adjacent to an activating group) is 1. The fourth-order valence-electron chi connectivity index (χ4n) is 2.14. The van der Waals surface area contributed by atoms with Gasteiger partial charge in [-0.1, -0.05) is 5.16 Å². The van der Waals surface area contributed by atoms with Gasteiger partial charge in [0.15, 0.2) is 5.76 Å². The lowest BCUT2D eigenvalue weighted by molar-refractivity contribution is 0.0853. The molecule has 2 heterocycles. The molecule has 1 aromatic rings. The molecule has 1 fully saturated rings. The van der Waals surface area contributed by atoms with Crippen molar-refractivity contribution in [2.24, 2.45) is 5.73 Å². The van der Waals surface area contributed by atoms with E-state index in [2.05, 4.69) is 28.9 Å². The Morgan fingerprint density at radius 1 is 1.56 bits per heavy atom. The van der Waals surface area contributed by atoms with E-state index in [0.29, 0.717) is 12.6 Å². The van der Waals surface area contributed by atoms with Gasteiger partial charge < -0.3 is 15.2 Å². The maximum Gasteiger partial charge on any atom is 0.151 e. The molecule has 16 heavy (non-hydrogen) atoms. The van der Waals surface area contributed by atoms with Crippen LogP contribution in [-0.2, 0) is 13.1 Å². The largest absolute Gasteiger partial charge is 0.360 e. The van der Waals surface area contributed by atoms with Crippen LogP contribution in [0.15, 0.2) is 10.6 Å². The van der Waals surface area contributed by atoms with E-state index in [4.69, 9.17) is 10.3 Å². The van der Waals surface area contributed by atoms with Crippen molar-refractivity contribution in [2.75, 3.05) is 26.7 Å². The van der Waals surface area contributed by atoms with Crippen LogP contribution in [0.3, 0.4) is 0 Å². The quantitative estimate of drug-likeness (QED) is 0.798. The van der Waals surface area contributed by atoms with Crippen molar-refractivity contribution in [1.29, 1.82) is 0 Å². The molecule has 1 saturated heterocycles. The van der Waals surface area contributed by atoms with E-state index < -0.39 is 0 Å². The summed E-state index contributed by atoms with van der Waals surface area (Å²) in [5.74, 6) is 0.914. The van der Waals surface area contributed by atoms with Gasteiger partial charge in [-0.2, -0.15) is 0 Å². The summed E-state index contributed by atoms with van der Waals surface area (Å²) in [5.41, 5.74) is 6.33. The summed E-state index contributed by atoms with van der Waals surface area (Å²) in [5, 5.41) is 3.90. The molecule has 0 amide bonds. The predicted octanol–water partition coefficient (Wildman–Crippen LogP) is 0.269. The highest BCUT2D eigenvalue weighted by Crippen LogP contribution is 2.13. The van der Waals surface area contributed by atoms with Crippen LogP contribution in [0.4, 0.5) is 0 Å². The van der Waals surface area contributed by atoms with Crippen molar-refractivity contribution in [3.05, 3.63) is 17.5 Å². The summed E-state index contributed by atoms with van der Waals surface area (Å²) in [7, 11) is 2.16. The van der Waals surface area contributed by atoms with Crippen LogP contribution >= 0.6 is 0 Å². The molecule has 5 heteroatoms. The molecule has 1 aliphatic heterocycles. The van der Waals surface area contributed by atoms with Crippen molar-refractivity contribution in [3.63, 3.8) is 0 Å².